The molecule has 26 heavy (non-hydrogen) atoms. The topological polar surface area (TPSA) is 44.8 Å². The fourth-order valence-electron chi connectivity index (χ4n) is 2.45. The Kier molecular flexibility index (Phi) is 10.4. The van der Waals surface area contributed by atoms with Crippen molar-refractivity contribution in [2.75, 3.05) is 20.8 Å². The van der Waals surface area contributed by atoms with E-state index in [4.69, 9.17) is 14.2 Å². The maximum Gasteiger partial charge on any atom is 1.00 e. The Balaban J connectivity index is 0.00000338. The molecule has 0 fully saturated rings. The van der Waals surface area contributed by atoms with E-state index in [9.17, 15) is 4.79 Å². The van der Waals surface area contributed by atoms with Gasteiger partial charge in [0.05, 0.1) is 20.8 Å². The Labute approximate surface area is 171 Å². The summed E-state index contributed by atoms with van der Waals surface area (Å²) in [6, 6.07) is 13.1. The number of hydrogen-bond donors (Lipinski definition) is 0. The third-order valence-electron chi connectivity index (χ3n) is 3.78. The Morgan fingerprint density at radius 1 is 1.00 bits per heavy atom. The maximum absolute atomic E-state index is 12.7. The van der Waals surface area contributed by atoms with Gasteiger partial charge < -0.3 is 15.6 Å². The van der Waals surface area contributed by atoms with Crippen LogP contribution in [0.2, 0.25) is 0 Å². The molecule has 2 aromatic rings. The third-order valence-corrected chi connectivity index (χ3v) is 4.88. The minimum Gasteiger partial charge on any atom is -1.00 e. The average Bonchev–Trinajstić information content (AvgIpc) is 2.65. The first kappa shape index (κ1) is 22.6. The van der Waals surface area contributed by atoms with Crippen LogP contribution in [0.3, 0.4) is 0 Å². The van der Waals surface area contributed by atoms with Crippen LogP contribution < -0.4 is 38.4 Å². The minimum absolute atomic E-state index is 0. The van der Waals surface area contributed by atoms with Gasteiger partial charge in [0.1, 0.15) is 22.8 Å². The Morgan fingerprint density at radius 3 is 2.15 bits per heavy atom. The van der Waals surface area contributed by atoms with Crippen molar-refractivity contribution >= 4 is 19.4 Å². The number of benzene rings is 2. The van der Waals surface area contributed by atoms with Crippen LogP contribution in [0.4, 0.5) is 0 Å². The van der Waals surface area contributed by atoms with E-state index in [1.807, 2.05) is 30.3 Å². The van der Waals surface area contributed by atoms with Gasteiger partial charge in [-0.3, -0.25) is 4.79 Å². The van der Waals surface area contributed by atoms with Gasteiger partial charge in [-0.25, -0.2) is 0 Å². The van der Waals surface area contributed by atoms with Crippen molar-refractivity contribution in [3.8, 4) is 17.2 Å². The molecule has 0 bridgehead atoms. The van der Waals surface area contributed by atoms with Gasteiger partial charge >= 0.3 is 18.9 Å². The number of carbonyl (C=O) groups excluding carboxylic acids is 1. The molecule has 2 rings (SSSR count). The first-order chi connectivity index (χ1) is 12.2. The Morgan fingerprint density at radius 2 is 1.62 bits per heavy atom. The van der Waals surface area contributed by atoms with E-state index < -0.39 is 0 Å². The summed E-state index contributed by atoms with van der Waals surface area (Å²) in [6.07, 6.45) is 3.42. The van der Waals surface area contributed by atoms with Gasteiger partial charge in [0.15, 0.2) is 5.52 Å². The van der Waals surface area contributed by atoms with Crippen molar-refractivity contribution in [2.45, 2.75) is 26.2 Å². The van der Waals surface area contributed by atoms with Crippen LogP contribution in [0.5, 0.6) is 17.2 Å². The van der Waals surface area contributed by atoms with Gasteiger partial charge in [-0.05, 0) is 44.6 Å². The largest absolute Gasteiger partial charge is 1.00 e. The molecule has 2 aromatic carbocycles. The molecule has 0 aliphatic heterocycles. The predicted octanol–water partition coefficient (Wildman–Crippen LogP) is 1.53. The van der Waals surface area contributed by atoms with Crippen molar-refractivity contribution in [1.29, 1.82) is 0 Å². The van der Waals surface area contributed by atoms with Crippen LogP contribution in [0.25, 0.3) is 0 Å². The van der Waals surface area contributed by atoms with Gasteiger partial charge in [0.2, 0.25) is 0 Å². The number of methoxy groups -OCH3 is 2. The summed E-state index contributed by atoms with van der Waals surface area (Å²) in [5, 5.41) is 0.957. The monoisotopic (exact) mass is 368 g/mol. The molecule has 0 aromatic heterocycles. The zero-order chi connectivity index (χ0) is 18.1. The first-order valence-electron chi connectivity index (χ1n) is 8.44. The number of unbranched alkanes of at least 4 members (excludes halogenated alkanes) is 2. The Hall–Kier alpha value is -1.46. The maximum atomic E-state index is 12.7. The van der Waals surface area contributed by atoms with E-state index in [2.05, 4.69) is 6.92 Å². The van der Waals surface area contributed by atoms with Gasteiger partial charge in [-0.2, -0.15) is 0 Å². The molecule has 6 heteroatoms. The summed E-state index contributed by atoms with van der Waals surface area (Å²) in [4.78, 5) is 12.7. The molecule has 0 aliphatic rings. The molecule has 0 amide bonds. The quantitative estimate of drug-likeness (QED) is 0.363. The van der Waals surface area contributed by atoms with E-state index >= 15 is 0 Å². The van der Waals surface area contributed by atoms with Crippen molar-refractivity contribution in [3.63, 3.8) is 0 Å². The zero-order valence-electron chi connectivity index (χ0n) is 17.0. The molecule has 0 N–H and O–H groups in total. The fraction of sp³-hybridized carbons (Fsp3) is 0.350. The summed E-state index contributed by atoms with van der Waals surface area (Å²) < 4.78 is 16.3. The van der Waals surface area contributed by atoms with E-state index in [0.717, 1.165) is 24.1 Å². The van der Waals surface area contributed by atoms with Crippen molar-refractivity contribution < 1.29 is 39.3 Å². The fourth-order valence-corrected chi connectivity index (χ4v) is 3.41. The molecule has 0 radical (unpaired) electrons. The van der Waals surface area contributed by atoms with E-state index in [-0.39, 0.29) is 34.4 Å². The molecule has 0 saturated heterocycles. The minimum atomic E-state index is -0.00841. The van der Waals surface area contributed by atoms with Crippen LogP contribution in [0.15, 0.2) is 42.5 Å². The molecule has 1 unspecified atom stereocenters. The average molecular weight is 368 g/mol. The van der Waals surface area contributed by atoms with E-state index in [0.29, 0.717) is 17.1 Å². The van der Waals surface area contributed by atoms with E-state index in [1.165, 1.54) is 12.8 Å². The van der Waals surface area contributed by atoms with Gasteiger partial charge in [0, 0.05) is 0 Å². The van der Waals surface area contributed by atoms with Crippen molar-refractivity contribution in [1.82, 2.24) is 0 Å². The van der Waals surface area contributed by atoms with Crippen LogP contribution in [0.1, 0.15) is 38.0 Å². The summed E-state index contributed by atoms with van der Waals surface area (Å²) in [7, 11) is 3.11. The normalized spacial score (nSPS) is 10.4. The van der Waals surface area contributed by atoms with Gasteiger partial charge in [-0.15, -0.1) is 0 Å². The summed E-state index contributed by atoms with van der Waals surface area (Å²) in [5.74, 6) is 1.91. The molecular weight excluding hydrogens is 342 g/mol. The molecule has 136 valence electrons. The molecular formula is C20H26LiO4P. The van der Waals surface area contributed by atoms with Crippen LogP contribution >= 0.6 is 8.58 Å². The summed E-state index contributed by atoms with van der Waals surface area (Å²) in [6.45, 7) is 2.90. The Bertz CT molecular complexity index is 673. The van der Waals surface area contributed by atoms with E-state index in [1.54, 1.807) is 26.4 Å². The zero-order valence-corrected chi connectivity index (χ0v) is 17.0. The molecule has 0 saturated carbocycles. The van der Waals surface area contributed by atoms with Crippen molar-refractivity contribution in [2.24, 2.45) is 0 Å². The molecule has 0 aliphatic carbocycles. The number of hydrogen-bond acceptors (Lipinski definition) is 4. The van der Waals surface area contributed by atoms with Gasteiger partial charge in [-0.1, -0.05) is 38.0 Å². The standard InChI is InChI=1S/C20H25O4P.Li.H/c1-4-5-6-14-24-15-10-12-16(13-11-15)25-20(21)19-17(22-2)8-7-9-18(19)23-3;;/h7-13,25H,4-6,14H2,1-3H3;;/q;+1;-1. The molecule has 0 heterocycles. The second kappa shape index (κ2) is 12.0. The predicted molar refractivity (Wildman–Crippen MR) is 104 cm³/mol. The summed E-state index contributed by atoms with van der Waals surface area (Å²) >= 11 is 0. The second-order valence-electron chi connectivity index (χ2n) is 5.57. The van der Waals surface area contributed by atoms with Gasteiger partial charge in [0.25, 0.3) is 0 Å². The number of rotatable bonds is 10. The SMILES string of the molecule is CCCCCOc1ccc(PC(=O)c2c(OC)cccc2OC)cc1.[H-].[Li+]. The molecule has 1 atom stereocenters. The van der Waals surface area contributed by atoms with Crippen molar-refractivity contribution in [3.05, 3.63) is 48.0 Å². The molecule has 0 spiro atoms. The van der Waals surface area contributed by atoms with Crippen LogP contribution in [-0.4, -0.2) is 26.4 Å². The first-order valence-corrected chi connectivity index (χ1v) is 9.44. The number of carbonyl (C=O) groups is 1. The second-order valence-corrected chi connectivity index (χ2v) is 6.85. The third kappa shape index (κ3) is 6.36. The smallest absolute Gasteiger partial charge is 1.00 e. The van der Waals surface area contributed by atoms with Crippen LogP contribution in [-0.2, 0) is 0 Å². The summed E-state index contributed by atoms with van der Waals surface area (Å²) in [5.41, 5.74) is 0.483. The van der Waals surface area contributed by atoms with Crippen LogP contribution in [0, 0.1) is 0 Å². The molecule has 4 nitrogen and oxygen atoms in total. The number of ether oxygens (including phenoxy) is 3.